The second-order valence-electron chi connectivity index (χ2n) is 15.9. The summed E-state index contributed by atoms with van der Waals surface area (Å²) in [6.45, 7) is 7.62. The molecular formula is C45H60N8O7. The van der Waals surface area contributed by atoms with Crippen LogP contribution < -0.4 is 32.3 Å². The van der Waals surface area contributed by atoms with Crippen LogP contribution in [0.5, 0.6) is 0 Å². The third-order valence-corrected chi connectivity index (χ3v) is 9.92. The van der Waals surface area contributed by atoms with E-state index in [1.54, 1.807) is 34.0 Å². The Morgan fingerprint density at radius 3 is 2.15 bits per heavy atom. The molecule has 0 aliphatic heterocycles. The second-order valence-corrected chi connectivity index (χ2v) is 15.9. The molecule has 15 heteroatoms. The number of nitrogens with zero attached hydrogens (tertiary/aromatic N) is 1. The number of aryl methyl sites for hydroxylation is 1. The van der Waals surface area contributed by atoms with Crippen LogP contribution in [0.4, 0.5) is 15.3 Å². The van der Waals surface area contributed by atoms with Crippen molar-refractivity contribution in [3.05, 3.63) is 102 Å². The molecule has 3 aromatic carbocycles. The van der Waals surface area contributed by atoms with E-state index >= 15 is 0 Å². The van der Waals surface area contributed by atoms with Gasteiger partial charge < -0.3 is 46.9 Å². The molecule has 7 amide bonds. The molecule has 0 spiro atoms. The number of carbonyl (C=O) groups is 6. The summed E-state index contributed by atoms with van der Waals surface area (Å²) in [5.74, 6) is -1.85. The fraction of sp³-hybridized carbons (Fsp3) is 0.422. The van der Waals surface area contributed by atoms with Crippen molar-refractivity contribution < 1.29 is 33.5 Å². The third kappa shape index (κ3) is 15.1. The quantitative estimate of drug-likeness (QED) is 0.0555. The number of para-hydroxylation sites is 2. The van der Waals surface area contributed by atoms with E-state index in [2.05, 4.69) is 31.6 Å². The van der Waals surface area contributed by atoms with Crippen LogP contribution in [0.15, 0.2) is 85.1 Å². The van der Waals surface area contributed by atoms with Gasteiger partial charge in [0.2, 0.25) is 23.6 Å². The Balaban J connectivity index is 1.38. The van der Waals surface area contributed by atoms with Crippen LogP contribution in [0.1, 0.15) is 76.0 Å². The van der Waals surface area contributed by atoms with Crippen molar-refractivity contribution in [3.8, 4) is 0 Å². The third-order valence-electron chi connectivity index (χ3n) is 9.92. The fourth-order valence-corrected chi connectivity index (χ4v) is 6.63. The van der Waals surface area contributed by atoms with Gasteiger partial charge in [-0.2, -0.15) is 0 Å². The molecule has 0 unspecified atom stereocenters. The van der Waals surface area contributed by atoms with Gasteiger partial charge in [-0.3, -0.25) is 19.2 Å². The number of alkyl carbamates (subject to hydrolysis) is 1. The normalized spacial score (nSPS) is 12.7. The highest BCUT2D eigenvalue weighted by Crippen LogP contribution is 2.20. The van der Waals surface area contributed by atoms with Crippen molar-refractivity contribution in [2.75, 3.05) is 25.5 Å². The van der Waals surface area contributed by atoms with Crippen LogP contribution in [0.2, 0.25) is 0 Å². The van der Waals surface area contributed by atoms with E-state index in [-0.39, 0.29) is 37.7 Å². The highest BCUT2D eigenvalue weighted by atomic mass is 16.6. The van der Waals surface area contributed by atoms with E-state index in [0.29, 0.717) is 44.3 Å². The van der Waals surface area contributed by atoms with Gasteiger partial charge in [0, 0.05) is 62.2 Å². The zero-order valence-electron chi connectivity index (χ0n) is 35.3. The van der Waals surface area contributed by atoms with Gasteiger partial charge in [-0.25, -0.2) is 9.59 Å². The Bertz CT molecular complexity index is 2060. The van der Waals surface area contributed by atoms with Crippen LogP contribution in [0, 0.1) is 6.92 Å². The number of nitrogens with two attached hydrogens (primary N) is 1. The smallest absolute Gasteiger partial charge is 0.408 e. The van der Waals surface area contributed by atoms with Crippen LogP contribution in [-0.2, 0) is 36.8 Å². The number of ether oxygens (including phenoxy) is 1. The number of aromatic nitrogens is 1. The number of fused-ring (bicyclic) bond motifs is 1. The summed E-state index contributed by atoms with van der Waals surface area (Å²) in [5.41, 5.74) is 9.02. The lowest BCUT2D eigenvalue weighted by atomic mass is 10.0. The van der Waals surface area contributed by atoms with E-state index in [0.717, 1.165) is 27.6 Å². The number of anilines is 1. The molecule has 15 nitrogen and oxygen atoms in total. The number of aromatic amines is 1. The summed E-state index contributed by atoms with van der Waals surface area (Å²) < 4.78 is 5.48. The average molecular weight is 825 g/mol. The number of urea groups is 1. The number of hydrogen-bond donors (Lipinski definition) is 7. The Labute approximate surface area is 351 Å². The van der Waals surface area contributed by atoms with E-state index in [4.69, 9.17) is 10.5 Å². The highest BCUT2D eigenvalue weighted by Gasteiger charge is 2.30. The molecule has 8 N–H and O–H groups in total. The molecule has 60 heavy (non-hydrogen) atoms. The van der Waals surface area contributed by atoms with Crippen molar-refractivity contribution in [2.24, 2.45) is 5.73 Å². The number of primary amides is 1. The maximum atomic E-state index is 14.0. The monoisotopic (exact) mass is 824 g/mol. The predicted molar refractivity (Wildman–Crippen MR) is 232 cm³/mol. The van der Waals surface area contributed by atoms with Crippen molar-refractivity contribution in [1.82, 2.24) is 31.2 Å². The van der Waals surface area contributed by atoms with Gasteiger partial charge in [0.1, 0.15) is 23.7 Å². The minimum atomic E-state index is -1.09. The van der Waals surface area contributed by atoms with Crippen LogP contribution in [-0.4, -0.2) is 89.5 Å². The lowest BCUT2D eigenvalue weighted by Crippen LogP contribution is -2.55. The first-order valence-electron chi connectivity index (χ1n) is 20.4. The number of hydrogen-bond acceptors (Lipinski definition) is 7. The lowest BCUT2D eigenvalue weighted by Gasteiger charge is -2.26. The topological polar surface area (TPSA) is 217 Å². The SMILES string of the molecule is Cc1ccccc1NC(=O)NCCCC[C@H](NC(=O)[C@H](Cc1c[nH]c2ccccc12)NC(=O)OC(C)(C)C)C(=O)NCCCCC(=O)N(C)[C@@H](Cc1ccccc1)C(N)=O. The Morgan fingerprint density at radius 1 is 0.767 bits per heavy atom. The summed E-state index contributed by atoms with van der Waals surface area (Å²) >= 11 is 0. The zero-order valence-corrected chi connectivity index (χ0v) is 35.3. The molecule has 0 aliphatic rings. The number of carbonyl (C=O) groups excluding carboxylic acids is 6. The minimum Gasteiger partial charge on any atom is -0.444 e. The number of benzene rings is 3. The van der Waals surface area contributed by atoms with Gasteiger partial charge in [-0.15, -0.1) is 0 Å². The molecular weight excluding hydrogens is 765 g/mol. The van der Waals surface area contributed by atoms with E-state index < -0.39 is 47.5 Å². The molecule has 0 radical (unpaired) electrons. The van der Waals surface area contributed by atoms with Gasteiger partial charge in [0.15, 0.2) is 0 Å². The van der Waals surface area contributed by atoms with Crippen LogP contribution in [0.3, 0.4) is 0 Å². The molecule has 0 fully saturated rings. The maximum Gasteiger partial charge on any atom is 0.408 e. The molecule has 0 aliphatic carbocycles. The van der Waals surface area contributed by atoms with Gasteiger partial charge in [-0.05, 0) is 88.6 Å². The molecule has 1 heterocycles. The number of likely N-dealkylation sites (N-methyl/N-ethyl adjacent to an activating group) is 1. The van der Waals surface area contributed by atoms with Crippen molar-refractivity contribution in [2.45, 2.75) is 103 Å². The van der Waals surface area contributed by atoms with E-state index in [1.165, 1.54) is 4.90 Å². The number of H-pyrrole nitrogens is 1. The van der Waals surface area contributed by atoms with Crippen molar-refractivity contribution in [3.63, 3.8) is 0 Å². The molecule has 3 atom stereocenters. The maximum absolute atomic E-state index is 14.0. The Morgan fingerprint density at radius 2 is 1.43 bits per heavy atom. The van der Waals surface area contributed by atoms with Gasteiger partial charge in [0.05, 0.1) is 0 Å². The zero-order chi connectivity index (χ0) is 43.7. The standard InChI is InChI=1S/C45H60N8O7/c1-30-17-9-11-21-34(30)51-43(58)48-26-15-13-23-36(41(56)47-25-16-14-24-39(54)53(5)38(40(46)55)27-31-18-7-6-8-19-31)50-42(57)37(52-44(59)60-45(2,3)4)28-32-29-49-35-22-12-10-20-33(32)35/h6-12,17-22,29,36-38,49H,13-16,23-28H2,1-5H3,(H2,46,55)(H,47,56)(H,50,57)(H,52,59)(H2,48,51,58)/t36-,37-,38-/m0/s1. The largest absolute Gasteiger partial charge is 0.444 e. The van der Waals surface area contributed by atoms with Crippen LogP contribution >= 0.6 is 0 Å². The second kappa shape index (κ2) is 22.7. The summed E-state index contributed by atoms with van der Waals surface area (Å²) in [4.78, 5) is 83.1. The average Bonchev–Trinajstić information content (AvgIpc) is 3.61. The van der Waals surface area contributed by atoms with Crippen LogP contribution in [0.25, 0.3) is 10.9 Å². The Kier molecular flexibility index (Phi) is 17.5. The molecule has 0 saturated carbocycles. The first kappa shape index (κ1) is 46.3. The number of amides is 7. The number of unbranched alkanes of at least 4 members (excludes halogenated alkanes) is 2. The van der Waals surface area contributed by atoms with Crippen molar-refractivity contribution >= 4 is 52.3 Å². The first-order valence-corrected chi connectivity index (χ1v) is 20.4. The van der Waals surface area contributed by atoms with E-state index in [9.17, 15) is 28.8 Å². The summed E-state index contributed by atoms with van der Waals surface area (Å²) in [6, 6.07) is 21.1. The van der Waals surface area contributed by atoms with Gasteiger partial charge in [0.25, 0.3) is 0 Å². The molecule has 1 aromatic heterocycles. The molecule has 4 rings (SSSR count). The summed E-state index contributed by atoms with van der Waals surface area (Å²) in [6.07, 6.45) is 3.68. The predicted octanol–water partition coefficient (Wildman–Crippen LogP) is 5.23. The summed E-state index contributed by atoms with van der Waals surface area (Å²) in [5, 5.41) is 15.0. The number of nitrogens with one attached hydrogen (secondary N) is 6. The Hall–Kier alpha value is -6.38. The number of rotatable bonds is 21. The molecule has 0 saturated heterocycles. The van der Waals surface area contributed by atoms with Gasteiger partial charge in [-0.1, -0.05) is 66.7 Å². The first-order chi connectivity index (χ1) is 28.6. The highest BCUT2D eigenvalue weighted by molar-refractivity contribution is 5.93. The van der Waals surface area contributed by atoms with E-state index in [1.807, 2.05) is 85.8 Å². The fourth-order valence-electron chi connectivity index (χ4n) is 6.63. The minimum absolute atomic E-state index is 0.119. The molecule has 0 bridgehead atoms. The summed E-state index contributed by atoms with van der Waals surface area (Å²) in [7, 11) is 1.56. The lowest BCUT2D eigenvalue weighted by molar-refractivity contribution is -0.137. The van der Waals surface area contributed by atoms with Gasteiger partial charge >= 0.3 is 12.1 Å². The van der Waals surface area contributed by atoms with Crippen molar-refractivity contribution in [1.29, 1.82) is 0 Å². The molecule has 4 aromatic rings. The molecule has 322 valence electrons.